The zero-order chi connectivity index (χ0) is 10.0. The minimum atomic E-state index is -1.11. The monoisotopic (exact) mass is 186 g/mol. The Morgan fingerprint density at radius 3 is 2.77 bits per heavy atom. The Morgan fingerprint density at radius 1 is 1.62 bits per heavy atom. The van der Waals surface area contributed by atoms with Crippen LogP contribution in [0.4, 0.5) is 0 Å². The molecule has 1 atom stereocenters. The summed E-state index contributed by atoms with van der Waals surface area (Å²) >= 11 is 0. The summed E-state index contributed by atoms with van der Waals surface area (Å²) in [4.78, 5) is 33.5. The lowest BCUT2D eigenvalue weighted by Crippen LogP contribution is -2.56. The average molecular weight is 186 g/mol. The number of piperazine rings is 1. The van der Waals surface area contributed by atoms with Crippen molar-refractivity contribution in [3.8, 4) is 0 Å². The maximum atomic E-state index is 11.1. The summed E-state index contributed by atoms with van der Waals surface area (Å²) in [5.74, 6) is -1.80. The van der Waals surface area contributed by atoms with E-state index in [4.69, 9.17) is 5.11 Å². The second kappa shape index (κ2) is 3.42. The van der Waals surface area contributed by atoms with Crippen LogP contribution in [0.25, 0.3) is 0 Å². The van der Waals surface area contributed by atoms with Crippen molar-refractivity contribution in [2.24, 2.45) is 0 Å². The van der Waals surface area contributed by atoms with Crippen LogP contribution in [0.2, 0.25) is 0 Å². The molecule has 1 aliphatic heterocycles. The van der Waals surface area contributed by atoms with E-state index < -0.39 is 12.0 Å². The predicted molar refractivity (Wildman–Crippen MR) is 41.8 cm³/mol. The van der Waals surface area contributed by atoms with Crippen LogP contribution in [-0.4, -0.2) is 46.9 Å². The number of carboxylic acids is 1. The van der Waals surface area contributed by atoms with Crippen molar-refractivity contribution < 1.29 is 19.5 Å². The van der Waals surface area contributed by atoms with Crippen molar-refractivity contribution in [1.82, 2.24) is 10.2 Å². The van der Waals surface area contributed by atoms with Crippen LogP contribution in [0.15, 0.2) is 0 Å². The quantitative estimate of drug-likeness (QED) is 0.544. The first-order valence-corrected chi connectivity index (χ1v) is 3.81. The molecule has 6 nitrogen and oxygen atoms in total. The van der Waals surface area contributed by atoms with Crippen LogP contribution in [0, 0.1) is 0 Å². The summed E-state index contributed by atoms with van der Waals surface area (Å²) in [6.45, 7) is 1.08. The zero-order valence-electron chi connectivity index (χ0n) is 7.11. The number of aliphatic carboxylic acids is 1. The highest BCUT2D eigenvalue weighted by atomic mass is 16.4. The highest BCUT2D eigenvalue weighted by Gasteiger charge is 2.30. The van der Waals surface area contributed by atoms with Crippen LogP contribution in [-0.2, 0) is 14.4 Å². The van der Waals surface area contributed by atoms with Crippen molar-refractivity contribution in [1.29, 1.82) is 0 Å². The molecule has 0 saturated carbocycles. The van der Waals surface area contributed by atoms with E-state index in [9.17, 15) is 14.4 Å². The molecule has 1 unspecified atom stereocenters. The van der Waals surface area contributed by atoms with E-state index in [1.165, 1.54) is 6.92 Å². The van der Waals surface area contributed by atoms with Gasteiger partial charge >= 0.3 is 5.97 Å². The van der Waals surface area contributed by atoms with Crippen LogP contribution >= 0.6 is 0 Å². The SMILES string of the molecule is CC(C(=O)O)N1CC(=O)NCC1=O. The smallest absolute Gasteiger partial charge is 0.326 e. The van der Waals surface area contributed by atoms with Crippen molar-refractivity contribution in [3.05, 3.63) is 0 Å². The molecule has 0 radical (unpaired) electrons. The first-order chi connectivity index (χ1) is 6.02. The average Bonchev–Trinajstić information content (AvgIpc) is 2.08. The second-order valence-corrected chi connectivity index (χ2v) is 2.81. The van der Waals surface area contributed by atoms with E-state index >= 15 is 0 Å². The lowest BCUT2D eigenvalue weighted by molar-refractivity contribution is -0.152. The van der Waals surface area contributed by atoms with Crippen molar-refractivity contribution in [2.75, 3.05) is 13.1 Å². The molecule has 72 valence electrons. The van der Waals surface area contributed by atoms with Crippen molar-refractivity contribution in [3.63, 3.8) is 0 Å². The van der Waals surface area contributed by atoms with E-state index in [1.54, 1.807) is 0 Å². The fourth-order valence-corrected chi connectivity index (χ4v) is 1.06. The summed E-state index contributed by atoms with van der Waals surface area (Å²) in [7, 11) is 0. The van der Waals surface area contributed by atoms with Gasteiger partial charge in [0.15, 0.2) is 0 Å². The van der Waals surface area contributed by atoms with Gasteiger partial charge in [-0.05, 0) is 6.92 Å². The molecule has 0 spiro atoms. The highest BCUT2D eigenvalue weighted by Crippen LogP contribution is 2.02. The van der Waals surface area contributed by atoms with Gasteiger partial charge in [-0.2, -0.15) is 0 Å². The van der Waals surface area contributed by atoms with Gasteiger partial charge in [0, 0.05) is 0 Å². The van der Waals surface area contributed by atoms with Crippen LogP contribution in [0.3, 0.4) is 0 Å². The highest BCUT2D eigenvalue weighted by molar-refractivity contribution is 5.94. The molecule has 0 aromatic heterocycles. The molecule has 1 heterocycles. The molecular formula is C7H10N2O4. The minimum absolute atomic E-state index is 0.115. The molecule has 2 amide bonds. The number of rotatable bonds is 2. The van der Waals surface area contributed by atoms with Gasteiger partial charge in [0.1, 0.15) is 12.6 Å². The largest absolute Gasteiger partial charge is 0.480 e. The summed E-state index contributed by atoms with van der Waals surface area (Å²) in [6.07, 6.45) is 0. The molecule has 0 bridgehead atoms. The molecular weight excluding hydrogens is 176 g/mol. The molecule has 1 aliphatic rings. The molecule has 0 aromatic carbocycles. The topological polar surface area (TPSA) is 86.7 Å². The van der Waals surface area contributed by atoms with Crippen LogP contribution < -0.4 is 5.32 Å². The van der Waals surface area contributed by atoms with Crippen molar-refractivity contribution in [2.45, 2.75) is 13.0 Å². The molecule has 1 rings (SSSR count). The summed E-state index contributed by atoms with van der Waals surface area (Å²) in [5.41, 5.74) is 0. The molecule has 6 heteroatoms. The number of carboxylic acid groups (broad SMARTS) is 1. The molecule has 1 fully saturated rings. The maximum absolute atomic E-state index is 11.1. The third kappa shape index (κ3) is 1.95. The third-order valence-corrected chi connectivity index (χ3v) is 1.90. The molecule has 1 saturated heterocycles. The fraction of sp³-hybridized carbons (Fsp3) is 0.571. The summed E-state index contributed by atoms with van der Waals surface area (Å²) in [6, 6.07) is -0.946. The van der Waals surface area contributed by atoms with Gasteiger partial charge in [-0.3, -0.25) is 9.59 Å². The number of nitrogens with one attached hydrogen (secondary N) is 1. The van der Waals surface area contributed by atoms with E-state index in [0.29, 0.717) is 0 Å². The van der Waals surface area contributed by atoms with E-state index in [0.717, 1.165) is 4.90 Å². The third-order valence-electron chi connectivity index (χ3n) is 1.90. The first-order valence-electron chi connectivity index (χ1n) is 3.81. The van der Waals surface area contributed by atoms with E-state index in [1.807, 2.05) is 0 Å². The fourth-order valence-electron chi connectivity index (χ4n) is 1.06. The maximum Gasteiger partial charge on any atom is 0.326 e. The van der Waals surface area contributed by atoms with Gasteiger partial charge in [-0.15, -0.1) is 0 Å². The number of hydrogen-bond donors (Lipinski definition) is 2. The van der Waals surface area contributed by atoms with Gasteiger partial charge in [0.2, 0.25) is 11.8 Å². The molecule has 0 aliphatic carbocycles. The molecule has 0 aromatic rings. The van der Waals surface area contributed by atoms with E-state index in [-0.39, 0.29) is 24.9 Å². The lowest BCUT2D eigenvalue weighted by atomic mass is 10.2. The number of nitrogens with zero attached hydrogens (tertiary/aromatic N) is 1. The number of carbonyl (C=O) groups is 3. The summed E-state index contributed by atoms with van der Waals surface area (Å²) in [5, 5.41) is 10.9. The normalized spacial score (nSPS) is 19.6. The van der Waals surface area contributed by atoms with Gasteiger partial charge in [0.25, 0.3) is 0 Å². The van der Waals surface area contributed by atoms with Crippen LogP contribution in [0.5, 0.6) is 0 Å². The Morgan fingerprint density at radius 2 is 2.23 bits per heavy atom. The lowest BCUT2D eigenvalue weighted by Gasteiger charge is -2.29. The second-order valence-electron chi connectivity index (χ2n) is 2.81. The van der Waals surface area contributed by atoms with Gasteiger partial charge in [-0.1, -0.05) is 0 Å². The standard InChI is InChI=1S/C7H10N2O4/c1-4(7(12)13)9-3-5(10)8-2-6(9)11/h4H,2-3H2,1H3,(H,8,10)(H,12,13). The Labute approximate surface area is 74.5 Å². The van der Waals surface area contributed by atoms with Crippen LogP contribution in [0.1, 0.15) is 6.92 Å². The zero-order valence-corrected chi connectivity index (χ0v) is 7.11. The Kier molecular flexibility index (Phi) is 2.50. The number of hydrogen-bond acceptors (Lipinski definition) is 3. The Hall–Kier alpha value is -1.59. The van der Waals surface area contributed by atoms with Gasteiger partial charge in [-0.25, -0.2) is 4.79 Å². The molecule has 13 heavy (non-hydrogen) atoms. The molecule has 2 N–H and O–H groups in total. The Bertz CT molecular complexity index is 261. The van der Waals surface area contributed by atoms with E-state index in [2.05, 4.69) is 5.32 Å². The Balaban J connectivity index is 2.71. The summed E-state index contributed by atoms with van der Waals surface area (Å²) < 4.78 is 0. The van der Waals surface area contributed by atoms with Gasteiger partial charge < -0.3 is 15.3 Å². The minimum Gasteiger partial charge on any atom is -0.480 e. The first kappa shape index (κ1) is 9.50. The predicted octanol–water partition coefficient (Wildman–Crippen LogP) is -1.58. The van der Waals surface area contributed by atoms with Crippen molar-refractivity contribution >= 4 is 17.8 Å². The number of carbonyl (C=O) groups excluding carboxylic acids is 2. The van der Waals surface area contributed by atoms with Gasteiger partial charge in [0.05, 0.1) is 6.54 Å². The number of amides is 2.